The van der Waals surface area contributed by atoms with E-state index in [0.29, 0.717) is 37.1 Å². The Kier molecular flexibility index (Phi) is 9.96. The van der Waals surface area contributed by atoms with Gasteiger partial charge in [-0.25, -0.2) is 9.59 Å². The third kappa shape index (κ3) is 8.19. The van der Waals surface area contributed by atoms with Gasteiger partial charge in [-0.2, -0.15) is 12.6 Å². The lowest BCUT2D eigenvalue weighted by Gasteiger charge is -2.22. The van der Waals surface area contributed by atoms with Crippen LogP contribution in [-0.2, 0) is 27.5 Å². The second kappa shape index (κ2) is 13.8. The van der Waals surface area contributed by atoms with Gasteiger partial charge in [0, 0.05) is 55.2 Å². The van der Waals surface area contributed by atoms with Gasteiger partial charge in [0.05, 0.1) is 21.9 Å². The number of nitrogens with zero attached hydrogens (tertiary/aromatic N) is 4. The predicted molar refractivity (Wildman–Crippen MR) is 152 cm³/mol. The van der Waals surface area contributed by atoms with E-state index in [4.69, 9.17) is 9.47 Å². The molecule has 2 fully saturated rings. The average Bonchev–Trinajstić information content (AvgIpc) is 3.60. The van der Waals surface area contributed by atoms with Crippen LogP contribution < -0.4 is 5.32 Å². The number of thiol groups is 1. The van der Waals surface area contributed by atoms with Crippen LogP contribution in [0.25, 0.3) is 0 Å². The summed E-state index contributed by atoms with van der Waals surface area (Å²) in [6, 6.07) is 10.7. The molecule has 4 rings (SSSR count). The number of ether oxygens (including phenoxy) is 2. The van der Waals surface area contributed by atoms with Crippen molar-refractivity contribution in [3.63, 3.8) is 0 Å². The van der Waals surface area contributed by atoms with E-state index in [9.17, 15) is 34.6 Å². The van der Waals surface area contributed by atoms with Crippen molar-refractivity contribution in [3.05, 3.63) is 92.0 Å². The van der Waals surface area contributed by atoms with Gasteiger partial charge in [-0.05, 0) is 48.2 Å². The first-order chi connectivity index (χ1) is 20.1. The number of hydrogen-bond donors (Lipinski definition) is 2. The maximum Gasteiger partial charge on any atom is 0.410 e. The second-order valence-electron chi connectivity index (χ2n) is 9.86. The fourth-order valence-corrected chi connectivity index (χ4v) is 5.02. The quantitative estimate of drug-likeness (QED) is 0.189. The highest BCUT2D eigenvalue weighted by atomic mass is 32.1. The Labute approximate surface area is 246 Å². The number of hydrogen-bond acceptors (Lipinski definition) is 10. The third-order valence-electron chi connectivity index (χ3n) is 6.87. The van der Waals surface area contributed by atoms with Gasteiger partial charge in [0.1, 0.15) is 13.2 Å². The zero-order valence-electron chi connectivity index (χ0n) is 22.4. The fourth-order valence-electron chi connectivity index (χ4n) is 4.63. The predicted octanol–water partition coefficient (Wildman–Crippen LogP) is 3.60. The first kappa shape index (κ1) is 30.3. The van der Waals surface area contributed by atoms with Crippen molar-refractivity contribution >= 4 is 42.1 Å². The van der Waals surface area contributed by atoms with E-state index in [1.807, 2.05) is 0 Å². The van der Waals surface area contributed by atoms with E-state index in [2.05, 4.69) is 17.9 Å². The molecule has 2 saturated heterocycles. The van der Waals surface area contributed by atoms with Crippen molar-refractivity contribution in [2.75, 3.05) is 19.6 Å². The summed E-state index contributed by atoms with van der Waals surface area (Å²) in [6.45, 7) is 0.942. The number of non-ortho nitro benzene ring substituents is 2. The van der Waals surface area contributed by atoms with Crippen LogP contribution in [0.15, 0.2) is 60.7 Å². The van der Waals surface area contributed by atoms with Crippen LogP contribution in [-0.4, -0.2) is 74.7 Å². The lowest BCUT2D eigenvalue weighted by atomic mass is 10.2. The van der Waals surface area contributed by atoms with Gasteiger partial charge in [-0.1, -0.05) is 6.08 Å². The fraction of sp³-hybridized carbons (Fsp3) is 0.370. The Bertz CT molecular complexity index is 1350. The van der Waals surface area contributed by atoms with Crippen molar-refractivity contribution in [2.45, 2.75) is 43.4 Å². The normalized spacial score (nSPS) is 20.0. The lowest BCUT2D eigenvalue weighted by Crippen LogP contribution is -2.38. The molecule has 1 N–H and O–H groups in total. The molecule has 2 heterocycles. The molecule has 2 aliphatic heterocycles. The van der Waals surface area contributed by atoms with Gasteiger partial charge in [-0.15, -0.1) is 0 Å². The molecule has 2 aromatic rings. The summed E-state index contributed by atoms with van der Waals surface area (Å²) in [5, 5.41) is 24.2. The Morgan fingerprint density at radius 2 is 1.50 bits per heavy atom. The summed E-state index contributed by atoms with van der Waals surface area (Å²) < 4.78 is 10.6. The first-order valence-electron chi connectivity index (χ1n) is 13.1. The Morgan fingerprint density at radius 3 is 2.07 bits per heavy atom. The summed E-state index contributed by atoms with van der Waals surface area (Å²) in [5.41, 5.74) is 1.09. The van der Waals surface area contributed by atoms with Gasteiger partial charge in [0.25, 0.3) is 11.4 Å². The van der Waals surface area contributed by atoms with Crippen LogP contribution in [0.1, 0.15) is 24.0 Å². The molecule has 15 heteroatoms. The number of carbonyl (C=O) groups is 3. The monoisotopic (exact) mass is 599 g/mol. The number of alkyl carbamates (subject to hydrolysis) is 1. The maximum atomic E-state index is 12.8. The molecule has 0 radical (unpaired) electrons. The molecule has 3 amide bonds. The second-order valence-corrected chi connectivity index (χ2v) is 10.6. The van der Waals surface area contributed by atoms with Gasteiger partial charge < -0.3 is 24.6 Å². The molecule has 0 aromatic heterocycles. The number of carbonyl (C=O) groups excluding carboxylic acids is 3. The van der Waals surface area contributed by atoms with Gasteiger partial charge in [-0.3, -0.25) is 25.0 Å². The molecule has 14 nitrogen and oxygen atoms in total. The molecule has 2 aliphatic rings. The molecule has 0 bridgehead atoms. The van der Waals surface area contributed by atoms with Crippen LogP contribution in [0.2, 0.25) is 0 Å². The van der Waals surface area contributed by atoms with Crippen molar-refractivity contribution in [1.82, 2.24) is 15.1 Å². The summed E-state index contributed by atoms with van der Waals surface area (Å²) >= 11 is 4.48. The average molecular weight is 600 g/mol. The van der Waals surface area contributed by atoms with E-state index in [-0.39, 0.29) is 48.3 Å². The first-order valence-corrected chi connectivity index (χ1v) is 13.6. The molecular weight excluding hydrogens is 570 g/mol. The largest absolute Gasteiger partial charge is 0.445 e. The summed E-state index contributed by atoms with van der Waals surface area (Å²) in [4.78, 5) is 61.3. The minimum Gasteiger partial charge on any atom is -0.445 e. The van der Waals surface area contributed by atoms with Crippen molar-refractivity contribution in [1.29, 1.82) is 0 Å². The summed E-state index contributed by atoms with van der Waals surface area (Å²) in [7, 11) is 0. The lowest BCUT2D eigenvalue weighted by molar-refractivity contribution is -0.385. The van der Waals surface area contributed by atoms with E-state index in [1.54, 1.807) is 11.0 Å². The smallest absolute Gasteiger partial charge is 0.410 e. The molecule has 42 heavy (non-hydrogen) atoms. The number of likely N-dealkylation sites (tertiary alicyclic amines) is 2. The van der Waals surface area contributed by atoms with Crippen molar-refractivity contribution < 1.29 is 33.7 Å². The molecule has 2 aromatic carbocycles. The van der Waals surface area contributed by atoms with E-state index >= 15 is 0 Å². The van der Waals surface area contributed by atoms with Crippen molar-refractivity contribution in [3.8, 4) is 0 Å². The SMILES string of the molecule is O=C(N[C@H]1CCN(C(=O)/C=C/[C@@H]2C[C@H](S)CN2C(=O)OCc2ccc([N+](=O)[O-])cc2)C1)OCc1ccc([N+](=O)[O-])cc1. The van der Waals surface area contributed by atoms with Crippen molar-refractivity contribution in [2.24, 2.45) is 0 Å². The number of amides is 3. The number of rotatable bonds is 9. The van der Waals surface area contributed by atoms with Crippen LogP contribution in [0.3, 0.4) is 0 Å². The standard InChI is InChI=1S/C27H29N5O9S/c33-25(29-12-11-20(14-29)28-26(34)40-16-18-1-5-21(6-2-18)31(36)37)10-9-23-13-24(42)15-30(23)27(35)41-17-19-3-7-22(8-4-19)32(38)39/h1-10,20,23-24,42H,11-17H2,(H,28,34)/b10-9+/t20-,23+,24-/m0/s1. The molecule has 0 aliphatic carbocycles. The molecular formula is C27H29N5O9S. The minimum absolute atomic E-state index is 0.0533. The van der Waals surface area contributed by atoms with E-state index in [1.165, 1.54) is 59.5 Å². The van der Waals surface area contributed by atoms with Crippen LogP contribution >= 0.6 is 12.6 Å². The zero-order chi connectivity index (χ0) is 30.2. The van der Waals surface area contributed by atoms with Gasteiger partial charge >= 0.3 is 12.2 Å². The summed E-state index contributed by atoms with van der Waals surface area (Å²) in [6.07, 6.45) is 2.88. The molecule has 222 valence electrons. The van der Waals surface area contributed by atoms with Gasteiger partial charge in [0.2, 0.25) is 5.91 Å². The van der Waals surface area contributed by atoms with Gasteiger partial charge in [0.15, 0.2) is 0 Å². The van der Waals surface area contributed by atoms with Crippen LogP contribution in [0, 0.1) is 20.2 Å². The zero-order valence-corrected chi connectivity index (χ0v) is 23.3. The molecule has 0 unspecified atom stereocenters. The minimum atomic E-state index is -0.656. The molecule has 3 atom stereocenters. The van der Waals surface area contributed by atoms with E-state index < -0.39 is 28.1 Å². The number of nitrogens with one attached hydrogen (secondary N) is 1. The third-order valence-corrected chi connectivity index (χ3v) is 7.24. The topological polar surface area (TPSA) is 174 Å². The Morgan fingerprint density at radius 1 is 0.929 bits per heavy atom. The molecule has 0 spiro atoms. The maximum absolute atomic E-state index is 12.8. The highest BCUT2D eigenvalue weighted by molar-refractivity contribution is 7.81. The van der Waals surface area contributed by atoms with Crippen LogP contribution in [0.5, 0.6) is 0 Å². The highest BCUT2D eigenvalue weighted by Crippen LogP contribution is 2.24. The number of nitro benzene ring substituents is 2. The number of benzene rings is 2. The highest BCUT2D eigenvalue weighted by Gasteiger charge is 2.34. The Balaban J connectivity index is 1.22. The van der Waals surface area contributed by atoms with E-state index in [0.717, 1.165) is 0 Å². The Hall–Kier alpha value is -4.66. The molecule has 0 saturated carbocycles. The summed E-state index contributed by atoms with van der Waals surface area (Å²) in [5.74, 6) is -0.264. The van der Waals surface area contributed by atoms with Crippen LogP contribution in [0.4, 0.5) is 21.0 Å². The number of nitro groups is 2.